The Morgan fingerprint density at radius 3 is 2.35 bits per heavy atom. The molecule has 0 unspecified atom stereocenters. The summed E-state index contributed by atoms with van der Waals surface area (Å²) in [5.74, 6) is 0.704. The minimum Gasteiger partial charge on any atom is -0.383 e. The second-order valence-electron chi connectivity index (χ2n) is 6.28. The molecular formula is C17H25NO4S. The van der Waals surface area contributed by atoms with E-state index in [1.54, 1.807) is 12.1 Å². The second-order valence-corrected chi connectivity index (χ2v) is 7.86. The fourth-order valence-corrected chi connectivity index (χ4v) is 3.04. The highest BCUT2D eigenvalue weighted by molar-refractivity contribution is 7.86. The van der Waals surface area contributed by atoms with Crippen molar-refractivity contribution in [2.24, 2.45) is 5.92 Å². The van der Waals surface area contributed by atoms with Crippen molar-refractivity contribution < 1.29 is 17.4 Å². The number of rotatable bonds is 7. The van der Waals surface area contributed by atoms with Crippen molar-refractivity contribution in [3.8, 4) is 5.75 Å². The van der Waals surface area contributed by atoms with Gasteiger partial charge in [-0.25, -0.2) is 0 Å². The highest BCUT2D eigenvalue weighted by atomic mass is 32.2. The molecule has 0 radical (unpaired) electrons. The summed E-state index contributed by atoms with van der Waals surface area (Å²) in [6, 6.07) is 7.06. The summed E-state index contributed by atoms with van der Waals surface area (Å²) in [6.07, 6.45) is 5.05. The Kier molecular flexibility index (Phi) is 5.68. The van der Waals surface area contributed by atoms with E-state index in [9.17, 15) is 13.2 Å². The normalized spacial score (nSPS) is 16.5. The molecule has 5 nitrogen and oxygen atoms in total. The molecule has 1 saturated carbocycles. The Bertz CT molecular complexity index is 635. The number of benzene rings is 1. The largest absolute Gasteiger partial charge is 0.383 e. The van der Waals surface area contributed by atoms with Gasteiger partial charge in [-0.05, 0) is 43.9 Å². The standard InChI is InChI=1S/C17H25NO4S/c1-4-13(2)18(17(19)15-6-5-7-15)12-14-8-10-16(11-9-14)22-23(3,20)21/h8-11,13,15H,4-7,12H2,1-3H3/t13-/m0/s1. The van der Waals surface area contributed by atoms with Gasteiger partial charge in [0.05, 0.1) is 6.26 Å². The first-order valence-corrected chi connectivity index (χ1v) is 9.90. The molecule has 1 aliphatic carbocycles. The van der Waals surface area contributed by atoms with E-state index in [1.165, 1.54) is 0 Å². The van der Waals surface area contributed by atoms with E-state index < -0.39 is 10.1 Å². The van der Waals surface area contributed by atoms with Gasteiger partial charge < -0.3 is 9.08 Å². The van der Waals surface area contributed by atoms with Crippen molar-refractivity contribution in [3.05, 3.63) is 29.8 Å². The quantitative estimate of drug-likeness (QED) is 0.717. The van der Waals surface area contributed by atoms with Gasteiger partial charge in [0, 0.05) is 18.5 Å². The third-order valence-electron chi connectivity index (χ3n) is 4.38. The van der Waals surface area contributed by atoms with Gasteiger partial charge in [-0.3, -0.25) is 4.79 Å². The molecule has 1 aliphatic rings. The number of carbonyl (C=O) groups excluding carboxylic acids is 1. The van der Waals surface area contributed by atoms with Gasteiger partial charge in [0.25, 0.3) is 0 Å². The summed E-state index contributed by atoms with van der Waals surface area (Å²) >= 11 is 0. The highest BCUT2D eigenvalue weighted by Crippen LogP contribution is 2.30. The number of carbonyl (C=O) groups is 1. The first-order chi connectivity index (χ1) is 10.8. The average molecular weight is 339 g/mol. The predicted molar refractivity (Wildman–Crippen MR) is 89.6 cm³/mol. The van der Waals surface area contributed by atoms with Crippen LogP contribution in [0.15, 0.2) is 24.3 Å². The Morgan fingerprint density at radius 2 is 1.91 bits per heavy atom. The Labute approximate surface area is 138 Å². The smallest absolute Gasteiger partial charge is 0.306 e. The van der Waals surface area contributed by atoms with E-state index in [0.29, 0.717) is 6.54 Å². The lowest BCUT2D eigenvalue weighted by Crippen LogP contribution is -2.43. The molecule has 0 heterocycles. The first-order valence-electron chi connectivity index (χ1n) is 8.09. The van der Waals surface area contributed by atoms with Crippen LogP contribution in [0.4, 0.5) is 0 Å². The zero-order valence-electron chi connectivity index (χ0n) is 14.0. The molecule has 2 rings (SSSR count). The van der Waals surface area contributed by atoms with E-state index in [1.807, 2.05) is 17.0 Å². The third kappa shape index (κ3) is 4.96. The van der Waals surface area contributed by atoms with Gasteiger partial charge in [-0.2, -0.15) is 8.42 Å². The molecule has 1 fully saturated rings. The third-order valence-corrected chi connectivity index (χ3v) is 4.88. The first kappa shape index (κ1) is 17.8. The lowest BCUT2D eigenvalue weighted by atomic mass is 9.84. The predicted octanol–water partition coefficient (Wildman–Crippen LogP) is 2.95. The summed E-state index contributed by atoms with van der Waals surface area (Å²) in [4.78, 5) is 14.5. The van der Waals surface area contributed by atoms with Crippen LogP contribution >= 0.6 is 0 Å². The van der Waals surface area contributed by atoms with Gasteiger partial charge in [0.2, 0.25) is 5.91 Å². The molecule has 0 saturated heterocycles. The number of hydrogen-bond acceptors (Lipinski definition) is 4. The van der Waals surface area contributed by atoms with Crippen molar-refractivity contribution in [1.82, 2.24) is 4.90 Å². The molecule has 128 valence electrons. The van der Waals surface area contributed by atoms with E-state index in [4.69, 9.17) is 4.18 Å². The average Bonchev–Trinajstić information content (AvgIpc) is 2.42. The van der Waals surface area contributed by atoms with Crippen LogP contribution in [0.1, 0.15) is 45.1 Å². The summed E-state index contributed by atoms with van der Waals surface area (Å²) < 4.78 is 27.1. The van der Waals surface area contributed by atoms with Gasteiger partial charge in [0.1, 0.15) is 5.75 Å². The maximum absolute atomic E-state index is 12.6. The minimum atomic E-state index is -3.52. The summed E-state index contributed by atoms with van der Waals surface area (Å²) in [7, 11) is -3.52. The van der Waals surface area contributed by atoms with Crippen LogP contribution in [0.5, 0.6) is 5.75 Å². The zero-order chi connectivity index (χ0) is 17.0. The molecule has 1 atom stereocenters. The van der Waals surface area contributed by atoms with Crippen LogP contribution < -0.4 is 4.18 Å². The minimum absolute atomic E-state index is 0.178. The van der Waals surface area contributed by atoms with Crippen molar-refractivity contribution in [2.75, 3.05) is 6.26 Å². The van der Waals surface area contributed by atoms with E-state index in [-0.39, 0.29) is 23.6 Å². The molecule has 23 heavy (non-hydrogen) atoms. The molecule has 0 aliphatic heterocycles. The van der Waals surface area contributed by atoms with Crippen LogP contribution in [-0.2, 0) is 21.5 Å². The Balaban J connectivity index is 2.08. The maximum atomic E-state index is 12.6. The van der Waals surface area contributed by atoms with Gasteiger partial charge in [-0.1, -0.05) is 25.5 Å². The monoisotopic (exact) mass is 339 g/mol. The van der Waals surface area contributed by atoms with Gasteiger partial charge >= 0.3 is 10.1 Å². The Hall–Kier alpha value is -1.56. The Morgan fingerprint density at radius 1 is 1.30 bits per heavy atom. The topological polar surface area (TPSA) is 63.7 Å². The van der Waals surface area contributed by atoms with E-state index in [2.05, 4.69) is 13.8 Å². The van der Waals surface area contributed by atoms with Gasteiger partial charge in [0.15, 0.2) is 0 Å². The summed E-state index contributed by atoms with van der Waals surface area (Å²) in [6.45, 7) is 4.69. The lowest BCUT2D eigenvalue weighted by Gasteiger charge is -2.35. The van der Waals surface area contributed by atoms with Crippen LogP contribution in [-0.4, -0.2) is 31.5 Å². The molecular weight excluding hydrogens is 314 g/mol. The second kappa shape index (κ2) is 7.34. The van der Waals surface area contributed by atoms with E-state index >= 15 is 0 Å². The number of nitrogens with zero attached hydrogens (tertiary/aromatic N) is 1. The maximum Gasteiger partial charge on any atom is 0.306 e. The van der Waals surface area contributed by atoms with E-state index in [0.717, 1.165) is 37.5 Å². The molecule has 0 aromatic heterocycles. The van der Waals surface area contributed by atoms with Crippen molar-refractivity contribution >= 4 is 16.0 Å². The molecule has 1 aromatic carbocycles. The lowest BCUT2D eigenvalue weighted by molar-refractivity contribution is -0.141. The fourth-order valence-electron chi connectivity index (χ4n) is 2.58. The van der Waals surface area contributed by atoms with Crippen LogP contribution in [0.3, 0.4) is 0 Å². The van der Waals surface area contributed by atoms with Crippen LogP contribution in [0.2, 0.25) is 0 Å². The van der Waals surface area contributed by atoms with Crippen LogP contribution in [0, 0.1) is 5.92 Å². The fraction of sp³-hybridized carbons (Fsp3) is 0.588. The summed E-state index contributed by atoms with van der Waals surface area (Å²) in [5, 5.41) is 0. The molecule has 0 spiro atoms. The molecule has 1 aromatic rings. The zero-order valence-corrected chi connectivity index (χ0v) is 14.8. The van der Waals surface area contributed by atoms with Crippen molar-refractivity contribution in [2.45, 2.75) is 52.1 Å². The molecule has 6 heteroatoms. The van der Waals surface area contributed by atoms with Crippen molar-refractivity contribution in [3.63, 3.8) is 0 Å². The van der Waals surface area contributed by atoms with Crippen LogP contribution in [0.25, 0.3) is 0 Å². The SMILES string of the molecule is CC[C@H](C)N(Cc1ccc(OS(C)(=O)=O)cc1)C(=O)C1CCC1. The number of amides is 1. The highest BCUT2D eigenvalue weighted by Gasteiger charge is 2.31. The molecule has 0 N–H and O–H groups in total. The summed E-state index contributed by atoms with van der Waals surface area (Å²) in [5.41, 5.74) is 0.971. The van der Waals surface area contributed by atoms with Gasteiger partial charge in [-0.15, -0.1) is 0 Å². The number of hydrogen-bond donors (Lipinski definition) is 0. The molecule has 0 bridgehead atoms. The van der Waals surface area contributed by atoms with Crippen molar-refractivity contribution in [1.29, 1.82) is 0 Å². The molecule has 1 amide bonds.